The van der Waals surface area contributed by atoms with E-state index in [0.29, 0.717) is 18.0 Å². The molecule has 144 valence electrons. The SMILES string of the molecule is CC1CCN(C(=O)[C@H]2c3ccccc3C(=O)N3CCc4ccccc4[C@@H]23)CC1. The van der Waals surface area contributed by atoms with Crippen LogP contribution in [-0.2, 0) is 11.2 Å². The number of benzene rings is 2. The van der Waals surface area contributed by atoms with Gasteiger partial charge in [0.05, 0.1) is 12.0 Å². The van der Waals surface area contributed by atoms with E-state index in [2.05, 4.69) is 25.1 Å². The summed E-state index contributed by atoms with van der Waals surface area (Å²) in [5.74, 6) is 0.602. The number of amides is 2. The molecular formula is C24H26N2O2. The van der Waals surface area contributed by atoms with E-state index in [0.717, 1.165) is 43.5 Å². The molecule has 0 N–H and O–H groups in total. The van der Waals surface area contributed by atoms with Crippen LogP contribution >= 0.6 is 0 Å². The molecule has 0 saturated carbocycles. The highest BCUT2D eigenvalue weighted by Crippen LogP contribution is 2.46. The largest absolute Gasteiger partial charge is 0.342 e. The summed E-state index contributed by atoms with van der Waals surface area (Å²) in [4.78, 5) is 31.0. The molecule has 0 spiro atoms. The highest BCUT2D eigenvalue weighted by Gasteiger charge is 2.47. The van der Waals surface area contributed by atoms with Crippen molar-refractivity contribution in [2.75, 3.05) is 19.6 Å². The molecule has 4 heteroatoms. The van der Waals surface area contributed by atoms with Gasteiger partial charge in [-0.1, -0.05) is 49.4 Å². The second kappa shape index (κ2) is 6.77. The Morgan fingerprint density at radius 3 is 2.39 bits per heavy atom. The molecule has 5 rings (SSSR count). The first-order chi connectivity index (χ1) is 13.6. The number of carbonyl (C=O) groups is 2. The Bertz CT molecular complexity index is 930. The normalized spacial score (nSPS) is 24.4. The molecule has 3 aliphatic rings. The molecule has 3 aliphatic heterocycles. The van der Waals surface area contributed by atoms with Gasteiger partial charge in [-0.15, -0.1) is 0 Å². The monoisotopic (exact) mass is 374 g/mol. The van der Waals surface area contributed by atoms with Gasteiger partial charge in [0.25, 0.3) is 5.91 Å². The van der Waals surface area contributed by atoms with Crippen LogP contribution in [0.25, 0.3) is 0 Å². The van der Waals surface area contributed by atoms with Gasteiger partial charge in [0.1, 0.15) is 0 Å². The number of hydrogen-bond acceptors (Lipinski definition) is 2. The second-order valence-electron chi connectivity index (χ2n) is 8.46. The molecule has 1 fully saturated rings. The fourth-order valence-electron chi connectivity index (χ4n) is 5.17. The van der Waals surface area contributed by atoms with E-state index < -0.39 is 0 Å². The average Bonchev–Trinajstić information content (AvgIpc) is 2.74. The van der Waals surface area contributed by atoms with Crippen LogP contribution in [0.1, 0.15) is 58.8 Å². The molecule has 0 radical (unpaired) electrons. The van der Waals surface area contributed by atoms with E-state index in [-0.39, 0.29) is 23.8 Å². The fourth-order valence-corrected chi connectivity index (χ4v) is 5.17. The number of carbonyl (C=O) groups excluding carboxylic acids is 2. The standard InChI is InChI=1S/C24H26N2O2/c1-16-10-13-25(14-11-16)24(28)21-19-8-4-5-9-20(19)23(27)26-15-12-17-6-2-3-7-18(17)22(21)26/h2-9,16,21-22H,10-15H2,1H3/t21-,22-/m0/s1. The van der Waals surface area contributed by atoms with Gasteiger partial charge < -0.3 is 9.80 Å². The summed E-state index contributed by atoms with van der Waals surface area (Å²) < 4.78 is 0. The summed E-state index contributed by atoms with van der Waals surface area (Å²) in [5.41, 5.74) is 4.00. The number of piperidine rings is 1. The van der Waals surface area contributed by atoms with E-state index in [4.69, 9.17) is 0 Å². The van der Waals surface area contributed by atoms with Crippen LogP contribution in [0.2, 0.25) is 0 Å². The van der Waals surface area contributed by atoms with Crippen LogP contribution in [0, 0.1) is 5.92 Å². The van der Waals surface area contributed by atoms with Crippen molar-refractivity contribution in [2.45, 2.75) is 38.1 Å². The third-order valence-corrected chi connectivity index (χ3v) is 6.80. The van der Waals surface area contributed by atoms with E-state index in [9.17, 15) is 9.59 Å². The van der Waals surface area contributed by atoms with Crippen LogP contribution in [0.5, 0.6) is 0 Å². The minimum atomic E-state index is -0.316. The Hall–Kier alpha value is -2.62. The van der Waals surface area contributed by atoms with Gasteiger partial charge in [-0.3, -0.25) is 9.59 Å². The average molecular weight is 374 g/mol. The predicted molar refractivity (Wildman–Crippen MR) is 108 cm³/mol. The lowest BCUT2D eigenvalue weighted by atomic mass is 9.75. The smallest absolute Gasteiger partial charge is 0.254 e. The van der Waals surface area contributed by atoms with Crippen LogP contribution < -0.4 is 0 Å². The lowest BCUT2D eigenvalue weighted by Gasteiger charge is -2.46. The first-order valence-corrected chi connectivity index (χ1v) is 10.4. The molecule has 2 atom stereocenters. The lowest BCUT2D eigenvalue weighted by molar-refractivity contribution is -0.136. The Kier molecular flexibility index (Phi) is 4.22. The minimum absolute atomic E-state index is 0.0615. The minimum Gasteiger partial charge on any atom is -0.342 e. The van der Waals surface area contributed by atoms with Crippen LogP contribution in [0.3, 0.4) is 0 Å². The van der Waals surface area contributed by atoms with Crippen LogP contribution in [-0.4, -0.2) is 41.2 Å². The highest BCUT2D eigenvalue weighted by atomic mass is 16.2. The molecule has 0 aliphatic carbocycles. The summed E-state index contributed by atoms with van der Waals surface area (Å²) in [7, 11) is 0. The Balaban J connectivity index is 1.63. The van der Waals surface area contributed by atoms with E-state index >= 15 is 0 Å². The van der Waals surface area contributed by atoms with E-state index in [1.54, 1.807) is 0 Å². The van der Waals surface area contributed by atoms with Crippen molar-refractivity contribution in [3.63, 3.8) is 0 Å². The molecule has 2 aromatic rings. The molecule has 3 heterocycles. The third kappa shape index (κ3) is 2.66. The van der Waals surface area contributed by atoms with Gasteiger partial charge >= 0.3 is 0 Å². The van der Waals surface area contributed by atoms with Crippen molar-refractivity contribution in [2.24, 2.45) is 5.92 Å². The molecule has 28 heavy (non-hydrogen) atoms. The second-order valence-corrected chi connectivity index (χ2v) is 8.46. The zero-order chi connectivity index (χ0) is 19.3. The maximum Gasteiger partial charge on any atom is 0.254 e. The number of fused-ring (bicyclic) bond motifs is 4. The van der Waals surface area contributed by atoms with Gasteiger partial charge in [0.2, 0.25) is 5.91 Å². The Morgan fingerprint density at radius 2 is 1.61 bits per heavy atom. The zero-order valence-corrected chi connectivity index (χ0v) is 16.3. The van der Waals surface area contributed by atoms with E-state index in [1.807, 2.05) is 40.1 Å². The van der Waals surface area contributed by atoms with Gasteiger partial charge in [-0.2, -0.15) is 0 Å². The summed E-state index contributed by atoms with van der Waals surface area (Å²) in [5, 5.41) is 0. The number of hydrogen-bond donors (Lipinski definition) is 0. The third-order valence-electron chi connectivity index (χ3n) is 6.80. The zero-order valence-electron chi connectivity index (χ0n) is 16.3. The maximum atomic E-state index is 13.8. The molecule has 0 bridgehead atoms. The summed E-state index contributed by atoms with van der Waals surface area (Å²) in [6.45, 7) is 4.58. The predicted octanol–water partition coefficient (Wildman–Crippen LogP) is 3.78. The summed E-state index contributed by atoms with van der Waals surface area (Å²) in [6, 6.07) is 15.8. The fraction of sp³-hybridized carbons (Fsp3) is 0.417. The molecule has 2 aromatic carbocycles. The quantitative estimate of drug-likeness (QED) is 0.762. The van der Waals surface area contributed by atoms with Crippen molar-refractivity contribution < 1.29 is 9.59 Å². The van der Waals surface area contributed by atoms with Crippen molar-refractivity contribution in [1.29, 1.82) is 0 Å². The topological polar surface area (TPSA) is 40.6 Å². The van der Waals surface area contributed by atoms with Crippen LogP contribution in [0.15, 0.2) is 48.5 Å². The van der Waals surface area contributed by atoms with Crippen molar-refractivity contribution in [3.05, 3.63) is 70.8 Å². The van der Waals surface area contributed by atoms with Gasteiger partial charge in [0, 0.05) is 25.2 Å². The van der Waals surface area contributed by atoms with Crippen molar-refractivity contribution in [1.82, 2.24) is 9.80 Å². The lowest BCUT2D eigenvalue weighted by Crippen LogP contribution is -2.51. The molecule has 2 amide bonds. The molecule has 0 aromatic heterocycles. The van der Waals surface area contributed by atoms with Crippen molar-refractivity contribution >= 4 is 11.8 Å². The summed E-state index contributed by atoms with van der Waals surface area (Å²) in [6.07, 6.45) is 2.97. The van der Waals surface area contributed by atoms with E-state index in [1.165, 1.54) is 5.56 Å². The Morgan fingerprint density at radius 1 is 0.929 bits per heavy atom. The highest BCUT2D eigenvalue weighted by molar-refractivity contribution is 6.01. The molecule has 1 saturated heterocycles. The van der Waals surface area contributed by atoms with Gasteiger partial charge in [-0.05, 0) is 47.9 Å². The number of rotatable bonds is 1. The molecule has 0 unspecified atom stereocenters. The first kappa shape index (κ1) is 17.5. The van der Waals surface area contributed by atoms with Crippen molar-refractivity contribution in [3.8, 4) is 0 Å². The Labute approximate surface area is 166 Å². The van der Waals surface area contributed by atoms with Crippen LogP contribution in [0.4, 0.5) is 0 Å². The van der Waals surface area contributed by atoms with Gasteiger partial charge in [0.15, 0.2) is 0 Å². The number of likely N-dealkylation sites (tertiary alicyclic amines) is 1. The summed E-state index contributed by atoms with van der Waals surface area (Å²) >= 11 is 0. The number of nitrogens with zero attached hydrogens (tertiary/aromatic N) is 2. The molecule has 4 nitrogen and oxygen atoms in total. The van der Waals surface area contributed by atoms with Gasteiger partial charge in [-0.25, -0.2) is 0 Å². The molecular weight excluding hydrogens is 348 g/mol. The first-order valence-electron chi connectivity index (χ1n) is 10.4. The maximum absolute atomic E-state index is 13.8.